The summed E-state index contributed by atoms with van der Waals surface area (Å²) in [5.74, 6) is 0.128. The third-order valence-corrected chi connectivity index (χ3v) is 5.46. The zero-order valence-electron chi connectivity index (χ0n) is 15.7. The number of rotatable bonds is 5. The zero-order valence-corrected chi connectivity index (χ0v) is 15.7. The molecule has 1 amide bonds. The maximum atomic E-state index is 12.3. The van der Waals surface area contributed by atoms with Crippen molar-refractivity contribution in [3.63, 3.8) is 0 Å². The van der Waals surface area contributed by atoms with E-state index in [0.29, 0.717) is 6.42 Å². The average molecular weight is 335 g/mol. The molecule has 0 saturated heterocycles. The van der Waals surface area contributed by atoms with Gasteiger partial charge in [-0.15, -0.1) is 0 Å². The minimum Gasteiger partial charge on any atom is -0.350 e. The number of aryl methyl sites for hydroxylation is 5. The molecule has 2 heteroatoms. The summed E-state index contributed by atoms with van der Waals surface area (Å²) >= 11 is 0. The zero-order chi connectivity index (χ0) is 17.8. The summed E-state index contributed by atoms with van der Waals surface area (Å²) in [7, 11) is 0. The molecule has 2 nitrogen and oxygen atoms in total. The lowest BCUT2D eigenvalue weighted by Gasteiger charge is -2.20. The van der Waals surface area contributed by atoms with Crippen molar-refractivity contribution in [1.82, 2.24) is 5.32 Å². The molecule has 1 N–H and O–H groups in total. The molecular formula is C23H29NO. The predicted molar refractivity (Wildman–Crippen MR) is 104 cm³/mol. The Morgan fingerprint density at radius 1 is 1.00 bits per heavy atom. The molecule has 0 aliphatic heterocycles. The van der Waals surface area contributed by atoms with Gasteiger partial charge in [-0.05, 0) is 86.3 Å². The van der Waals surface area contributed by atoms with E-state index in [1.807, 2.05) is 0 Å². The van der Waals surface area contributed by atoms with Gasteiger partial charge in [-0.1, -0.05) is 36.4 Å². The molecule has 2 aromatic carbocycles. The fourth-order valence-electron chi connectivity index (χ4n) is 3.64. The van der Waals surface area contributed by atoms with E-state index in [9.17, 15) is 4.79 Å². The summed E-state index contributed by atoms with van der Waals surface area (Å²) < 4.78 is 0. The summed E-state index contributed by atoms with van der Waals surface area (Å²) in [6.07, 6.45) is 6.30. The van der Waals surface area contributed by atoms with Gasteiger partial charge in [-0.2, -0.15) is 0 Å². The number of carbonyl (C=O) groups is 1. The Morgan fingerprint density at radius 2 is 1.76 bits per heavy atom. The Hall–Kier alpha value is -2.09. The van der Waals surface area contributed by atoms with Crippen molar-refractivity contribution >= 4 is 5.91 Å². The van der Waals surface area contributed by atoms with E-state index in [1.165, 1.54) is 59.1 Å². The van der Waals surface area contributed by atoms with Crippen molar-refractivity contribution in [3.8, 4) is 0 Å². The third-order valence-electron chi connectivity index (χ3n) is 5.46. The van der Waals surface area contributed by atoms with Gasteiger partial charge in [-0.25, -0.2) is 0 Å². The quantitative estimate of drug-likeness (QED) is 0.819. The molecule has 1 unspecified atom stereocenters. The highest BCUT2D eigenvalue weighted by molar-refractivity contribution is 5.76. The van der Waals surface area contributed by atoms with E-state index in [2.05, 4.69) is 62.5 Å². The van der Waals surface area contributed by atoms with Crippen molar-refractivity contribution in [2.75, 3.05) is 0 Å². The Kier molecular flexibility index (Phi) is 5.57. The second-order valence-corrected chi connectivity index (χ2v) is 7.44. The van der Waals surface area contributed by atoms with Gasteiger partial charge >= 0.3 is 0 Å². The van der Waals surface area contributed by atoms with Crippen LogP contribution in [0.1, 0.15) is 65.6 Å². The fraction of sp³-hybridized carbons (Fsp3) is 0.435. The van der Waals surface area contributed by atoms with Gasteiger partial charge in [0.05, 0.1) is 6.04 Å². The molecule has 0 fully saturated rings. The van der Waals surface area contributed by atoms with Crippen molar-refractivity contribution in [2.24, 2.45) is 0 Å². The SMILES string of the molecule is Cc1ccc(CCC(=O)NC(C)c2ccc3c(c2)CCCC3)cc1C. The van der Waals surface area contributed by atoms with Crippen LogP contribution in [-0.4, -0.2) is 5.91 Å². The van der Waals surface area contributed by atoms with Gasteiger partial charge in [0.2, 0.25) is 5.91 Å². The molecule has 1 aliphatic rings. The summed E-state index contributed by atoms with van der Waals surface area (Å²) in [4.78, 5) is 12.3. The summed E-state index contributed by atoms with van der Waals surface area (Å²) in [5, 5.41) is 3.16. The van der Waals surface area contributed by atoms with Crippen LogP contribution in [0.3, 0.4) is 0 Å². The van der Waals surface area contributed by atoms with Crippen LogP contribution in [0, 0.1) is 13.8 Å². The smallest absolute Gasteiger partial charge is 0.220 e. The molecule has 25 heavy (non-hydrogen) atoms. The highest BCUT2D eigenvalue weighted by atomic mass is 16.1. The fourth-order valence-corrected chi connectivity index (χ4v) is 3.64. The molecule has 0 radical (unpaired) electrons. The van der Waals surface area contributed by atoms with Crippen LogP contribution in [0.4, 0.5) is 0 Å². The summed E-state index contributed by atoms with van der Waals surface area (Å²) in [6.45, 7) is 6.32. The Morgan fingerprint density at radius 3 is 2.52 bits per heavy atom. The third kappa shape index (κ3) is 4.50. The topological polar surface area (TPSA) is 29.1 Å². The Labute approximate surface area is 151 Å². The maximum absolute atomic E-state index is 12.3. The minimum atomic E-state index is 0.0690. The van der Waals surface area contributed by atoms with E-state index in [-0.39, 0.29) is 11.9 Å². The van der Waals surface area contributed by atoms with Gasteiger partial charge in [0.15, 0.2) is 0 Å². The molecule has 0 bridgehead atoms. The lowest BCUT2D eigenvalue weighted by molar-refractivity contribution is -0.121. The van der Waals surface area contributed by atoms with Crippen LogP contribution in [-0.2, 0) is 24.1 Å². The van der Waals surface area contributed by atoms with Gasteiger partial charge in [0.25, 0.3) is 0 Å². The molecule has 0 aromatic heterocycles. The van der Waals surface area contributed by atoms with Crippen LogP contribution in [0.2, 0.25) is 0 Å². The normalized spacial score (nSPS) is 14.7. The Balaban J connectivity index is 1.56. The molecule has 3 rings (SSSR count). The second-order valence-electron chi connectivity index (χ2n) is 7.44. The lowest BCUT2D eigenvalue weighted by atomic mass is 9.89. The van der Waals surface area contributed by atoms with Crippen LogP contribution < -0.4 is 5.32 Å². The van der Waals surface area contributed by atoms with Gasteiger partial charge in [0, 0.05) is 6.42 Å². The first-order valence-electron chi connectivity index (χ1n) is 9.50. The van der Waals surface area contributed by atoms with Gasteiger partial charge < -0.3 is 5.32 Å². The first-order valence-corrected chi connectivity index (χ1v) is 9.50. The van der Waals surface area contributed by atoms with Crippen LogP contribution >= 0.6 is 0 Å². The van der Waals surface area contributed by atoms with Gasteiger partial charge in [0.1, 0.15) is 0 Å². The molecule has 1 aliphatic carbocycles. The van der Waals surface area contributed by atoms with Crippen molar-refractivity contribution in [3.05, 3.63) is 69.8 Å². The number of carbonyl (C=O) groups excluding carboxylic acids is 1. The first-order chi connectivity index (χ1) is 12.0. The second kappa shape index (κ2) is 7.86. The van der Waals surface area contributed by atoms with E-state index in [1.54, 1.807) is 0 Å². The standard InChI is InChI=1S/C23H29NO/c1-16-8-9-19(14-17(16)2)10-13-23(25)24-18(3)21-12-11-20-6-4-5-7-22(20)15-21/h8-9,11-12,14-15,18H,4-7,10,13H2,1-3H3,(H,24,25). The largest absolute Gasteiger partial charge is 0.350 e. The highest BCUT2D eigenvalue weighted by Gasteiger charge is 2.14. The van der Waals surface area contributed by atoms with Crippen LogP contribution in [0.5, 0.6) is 0 Å². The number of amides is 1. The van der Waals surface area contributed by atoms with E-state index in [4.69, 9.17) is 0 Å². The number of hydrogen-bond donors (Lipinski definition) is 1. The molecular weight excluding hydrogens is 306 g/mol. The molecule has 0 saturated carbocycles. The highest BCUT2D eigenvalue weighted by Crippen LogP contribution is 2.24. The average Bonchev–Trinajstić information content (AvgIpc) is 2.62. The number of nitrogens with one attached hydrogen (secondary N) is 1. The summed E-state index contributed by atoms with van der Waals surface area (Å²) in [5.41, 5.74) is 8.01. The van der Waals surface area contributed by atoms with E-state index >= 15 is 0 Å². The molecule has 2 aromatic rings. The first kappa shape index (κ1) is 17.7. The maximum Gasteiger partial charge on any atom is 0.220 e. The van der Waals surface area contributed by atoms with Crippen molar-refractivity contribution in [1.29, 1.82) is 0 Å². The molecule has 132 valence electrons. The van der Waals surface area contributed by atoms with Gasteiger partial charge in [-0.3, -0.25) is 4.79 Å². The number of hydrogen-bond acceptors (Lipinski definition) is 1. The number of fused-ring (bicyclic) bond motifs is 1. The van der Waals surface area contributed by atoms with Crippen LogP contribution in [0.15, 0.2) is 36.4 Å². The molecule has 0 spiro atoms. The molecule has 0 heterocycles. The minimum absolute atomic E-state index is 0.0690. The summed E-state index contributed by atoms with van der Waals surface area (Å²) in [6, 6.07) is 13.2. The number of benzene rings is 2. The van der Waals surface area contributed by atoms with Crippen molar-refractivity contribution < 1.29 is 4.79 Å². The van der Waals surface area contributed by atoms with E-state index < -0.39 is 0 Å². The van der Waals surface area contributed by atoms with Crippen LogP contribution in [0.25, 0.3) is 0 Å². The van der Waals surface area contributed by atoms with E-state index in [0.717, 1.165) is 6.42 Å². The molecule has 1 atom stereocenters. The predicted octanol–water partition coefficient (Wildman–Crippen LogP) is 4.99. The Bertz CT molecular complexity index is 763. The van der Waals surface area contributed by atoms with Crippen molar-refractivity contribution in [2.45, 2.75) is 65.3 Å². The monoisotopic (exact) mass is 335 g/mol. The lowest BCUT2D eigenvalue weighted by Crippen LogP contribution is -2.27.